The van der Waals surface area contributed by atoms with Crippen molar-refractivity contribution in [2.45, 2.75) is 13.0 Å². The van der Waals surface area contributed by atoms with Crippen molar-refractivity contribution < 1.29 is 9.47 Å². The summed E-state index contributed by atoms with van der Waals surface area (Å²) in [7, 11) is 1.62. The number of methoxy groups -OCH3 is 1. The summed E-state index contributed by atoms with van der Waals surface area (Å²) in [4.78, 5) is 0.479. The lowest BCUT2D eigenvalue weighted by Crippen LogP contribution is -2.10. The Bertz CT molecular complexity index is 629. The summed E-state index contributed by atoms with van der Waals surface area (Å²) in [5.41, 5.74) is 7.48. The molecule has 5 heteroatoms. The molecule has 0 bridgehead atoms. The molecule has 0 aliphatic heterocycles. The van der Waals surface area contributed by atoms with Crippen molar-refractivity contribution in [3.05, 3.63) is 58.6 Å². The number of ether oxygens (including phenoxy) is 2. The van der Waals surface area contributed by atoms with E-state index in [4.69, 9.17) is 39.0 Å². The monoisotopic (exact) mass is 321 g/mol. The van der Waals surface area contributed by atoms with Crippen LogP contribution >= 0.6 is 23.8 Å². The molecule has 0 aromatic heterocycles. The van der Waals surface area contributed by atoms with Crippen LogP contribution in [0.25, 0.3) is 0 Å². The zero-order valence-corrected chi connectivity index (χ0v) is 13.2. The summed E-state index contributed by atoms with van der Waals surface area (Å²) in [6.45, 7) is 0.387. The molecule has 0 spiro atoms. The van der Waals surface area contributed by atoms with Crippen molar-refractivity contribution in [1.29, 1.82) is 0 Å². The van der Waals surface area contributed by atoms with Crippen molar-refractivity contribution in [2.75, 3.05) is 7.11 Å². The van der Waals surface area contributed by atoms with E-state index in [0.717, 1.165) is 22.6 Å². The first-order valence-electron chi connectivity index (χ1n) is 6.41. The summed E-state index contributed by atoms with van der Waals surface area (Å²) in [5, 5.41) is 0.654. The lowest BCUT2D eigenvalue weighted by Gasteiger charge is -2.11. The first kappa shape index (κ1) is 15.6. The van der Waals surface area contributed by atoms with Gasteiger partial charge in [-0.25, -0.2) is 0 Å². The van der Waals surface area contributed by atoms with Gasteiger partial charge in [-0.05, 0) is 35.9 Å². The van der Waals surface area contributed by atoms with Crippen molar-refractivity contribution in [2.24, 2.45) is 5.73 Å². The minimum absolute atomic E-state index is 0.387. The lowest BCUT2D eigenvalue weighted by molar-refractivity contribution is 0.296. The van der Waals surface area contributed by atoms with Crippen LogP contribution in [0.1, 0.15) is 11.1 Å². The molecule has 21 heavy (non-hydrogen) atoms. The topological polar surface area (TPSA) is 44.5 Å². The molecule has 110 valence electrons. The maximum absolute atomic E-state index is 5.99. The molecular formula is C16H16ClNO2S. The van der Waals surface area contributed by atoms with E-state index >= 15 is 0 Å². The average Bonchev–Trinajstić information content (AvgIpc) is 2.46. The molecule has 0 saturated carbocycles. The summed E-state index contributed by atoms with van der Waals surface area (Å²) in [6.07, 6.45) is 0.595. The van der Waals surface area contributed by atoms with Gasteiger partial charge < -0.3 is 15.2 Å². The molecule has 0 atom stereocenters. The Hall–Kier alpha value is -1.78. The molecule has 3 nitrogen and oxygen atoms in total. The highest BCUT2D eigenvalue weighted by atomic mass is 35.5. The predicted molar refractivity (Wildman–Crippen MR) is 89.3 cm³/mol. The second-order valence-electron chi connectivity index (χ2n) is 4.53. The summed E-state index contributed by atoms with van der Waals surface area (Å²) in [6, 6.07) is 13.1. The third kappa shape index (κ3) is 4.62. The molecule has 0 aliphatic rings. The van der Waals surface area contributed by atoms with Gasteiger partial charge in [0.1, 0.15) is 18.1 Å². The number of nitrogens with two attached hydrogens (primary N) is 1. The van der Waals surface area contributed by atoms with Crippen LogP contribution in [0.15, 0.2) is 42.5 Å². The number of halogens is 1. The van der Waals surface area contributed by atoms with Crippen LogP contribution in [0.5, 0.6) is 11.5 Å². The minimum atomic E-state index is 0.387. The quantitative estimate of drug-likeness (QED) is 0.823. The Labute approximate surface area is 134 Å². The first-order valence-corrected chi connectivity index (χ1v) is 7.19. The van der Waals surface area contributed by atoms with Gasteiger partial charge in [0.15, 0.2) is 0 Å². The Morgan fingerprint density at radius 1 is 1.19 bits per heavy atom. The molecule has 0 unspecified atom stereocenters. The van der Waals surface area contributed by atoms with Gasteiger partial charge in [-0.15, -0.1) is 0 Å². The van der Waals surface area contributed by atoms with Gasteiger partial charge in [-0.2, -0.15) is 0 Å². The van der Waals surface area contributed by atoms with E-state index in [2.05, 4.69) is 0 Å². The second kappa shape index (κ2) is 7.29. The molecule has 0 fully saturated rings. The van der Waals surface area contributed by atoms with Gasteiger partial charge in [0.2, 0.25) is 0 Å². The van der Waals surface area contributed by atoms with Gasteiger partial charge in [0.25, 0.3) is 0 Å². The van der Waals surface area contributed by atoms with Gasteiger partial charge in [0, 0.05) is 17.0 Å². The number of thiocarbonyl (C=S) groups is 1. The van der Waals surface area contributed by atoms with Crippen LogP contribution in [-0.4, -0.2) is 12.1 Å². The van der Waals surface area contributed by atoms with Crippen molar-refractivity contribution in [3.8, 4) is 11.5 Å². The Kier molecular flexibility index (Phi) is 5.42. The number of hydrogen-bond donors (Lipinski definition) is 1. The van der Waals surface area contributed by atoms with Gasteiger partial charge in [-0.3, -0.25) is 0 Å². The van der Waals surface area contributed by atoms with Gasteiger partial charge in [-0.1, -0.05) is 36.0 Å². The predicted octanol–water partition coefficient (Wildman–Crippen LogP) is 3.76. The van der Waals surface area contributed by atoms with Crippen molar-refractivity contribution >= 4 is 28.8 Å². The maximum atomic E-state index is 5.99. The lowest BCUT2D eigenvalue weighted by atomic mass is 10.1. The van der Waals surface area contributed by atoms with Crippen LogP contribution in [-0.2, 0) is 13.0 Å². The third-order valence-electron chi connectivity index (χ3n) is 2.94. The SMILES string of the molecule is COc1ccc(Cl)cc1COc1ccc(CC(N)=S)cc1. The van der Waals surface area contributed by atoms with Gasteiger partial charge in [0.05, 0.1) is 12.1 Å². The third-order valence-corrected chi connectivity index (χ3v) is 3.32. The largest absolute Gasteiger partial charge is 0.496 e. The molecule has 2 N–H and O–H groups in total. The fourth-order valence-corrected chi connectivity index (χ4v) is 2.29. The van der Waals surface area contributed by atoms with Crippen LogP contribution in [0.2, 0.25) is 5.02 Å². The fourth-order valence-electron chi connectivity index (χ4n) is 1.93. The molecule has 0 heterocycles. The minimum Gasteiger partial charge on any atom is -0.496 e. The number of benzene rings is 2. The summed E-state index contributed by atoms with van der Waals surface area (Å²) in [5.74, 6) is 1.52. The van der Waals surface area contributed by atoms with Crippen molar-refractivity contribution in [1.82, 2.24) is 0 Å². The van der Waals surface area contributed by atoms with Crippen molar-refractivity contribution in [3.63, 3.8) is 0 Å². The molecule has 0 aliphatic carbocycles. The molecule has 2 aromatic rings. The Morgan fingerprint density at radius 3 is 2.52 bits per heavy atom. The number of rotatable bonds is 6. The number of hydrogen-bond acceptors (Lipinski definition) is 3. The van der Waals surface area contributed by atoms with E-state index in [1.807, 2.05) is 36.4 Å². The van der Waals surface area contributed by atoms with E-state index in [0.29, 0.717) is 23.0 Å². The highest BCUT2D eigenvalue weighted by Gasteiger charge is 2.05. The standard InChI is InChI=1S/C16H16ClNO2S/c1-19-15-7-4-13(17)9-12(15)10-20-14-5-2-11(3-6-14)8-16(18)21/h2-7,9H,8,10H2,1H3,(H2,18,21). The second-order valence-corrected chi connectivity index (χ2v) is 5.49. The van der Waals surface area contributed by atoms with Gasteiger partial charge >= 0.3 is 0 Å². The first-order chi connectivity index (χ1) is 10.1. The fraction of sp³-hybridized carbons (Fsp3) is 0.188. The molecular weight excluding hydrogens is 306 g/mol. The molecule has 0 saturated heterocycles. The van der Waals surface area contributed by atoms with E-state index < -0.39 is 0 Å². The van der Waals surface area contributed by atoms with Crippen LogP contribution in [0, 0.1) is 0 Å². The van der Waals surface area contributed by atoms with E-state index in [-0.39, 0.29) is 0 Å². The van der Waals surface area contributed by atoms with Crippen LogP contribution in [0.4, 0.5) is 0 Å². The average molecular weight is 322 g/mol. The summed E-state index contributed by atoms with van der Waals surface area (Å²) >= 11 is 10.9. The van der Waals surface area contributed by atoms with E-state index in [1.165, 1.54) is 0 Å². The maximum Gasteiger partial charge on any atom is 0.125 e. The molecule has 0 amide bonds. The molecule has 2 aromatic carbocycles. The summed E-state index contributed by atoms with van der Waals surface area (Å²) < 4.78 is 11.0. The van der Waals surface area contributed by atoms with Crippen LogP contribution < -0.4 is 15.2 Å². The van der Waals surface area contributed by atoms with Crippen LogP contribution in [0.3, 0.4) is 0 Å². The molecule has 2 rings (SSSR count). The smallest absolute Gasteiger partial charge is 0.125 e. The van der Waals surface area contributed by atoms with E-state index in [1.54, 1.807) is 13.2 Å². The zero-order valence-electron chi connectivity index (χ0n) is 11.6. The Morgan fingerprint density at radius 2 is 1.90 bits per heavy atom. The zero-order chi connectivity index (χ0) is 15.2. The Balaban J connectivity index is 2.03. The van der Waals surface area contributed by atoms with E-state index in [9.17, 15) is 0 Å². The highest BCUT2D eigenvalue weighted by Crippen LogP contribution is 2.24. The highest BCUT2D eigenvalue weighted by molar-refractivity contribution is 7.80. The normalized spacial score (nSPS) is 10.2. The molecule has 0 radical (unpaired) electrons.